The monoisotopic (exact) mass is 334 g/mol. The number of carbonyl (C=O) groups is 2. The average molecular weight is 335 g/mol. The van der Waals surface area contributed by atoms with Crippen LogP contribution in [0.15, 0.2) is 18.2 Å². The number of rotatable bonds is 6. The van der Waals surface area contributed by atoms with Crippen molar-refractivity contribution >= 4 is 27.7 Å². The summed E-state index contributed by atoms with van der Waals surface area (Å²) in [5.41, 5.74) is 0.152. The molecule has 1 rings (SSSR count). The van der Waals surface area contributed by atoms with E-state index in [2.05, 4.69) is 15.9 Å². The lowest BCUT2D eigenvalue weighted by atomic mass is 10.00. The summed E-state index contributed by atoms with van der Waals surface area (Å²) in [5, 5.41) is 0.145. The molecule has 0 aliphatic carbocycles. The predicted molar refractivity (Wildman–Crippen MR) is 69.9 cm³/mol. The number of benzene rings is 1. The predicted octanol–water partition coefficient (Wildman–Crippen LogP) is 3.31. The number of carbonyl (C=O) groups excluding carboxylic acids is 2. The van der Waals surface area contributed by atoms with Crippen LogP contribution in [0.5, 0.6) is 0 Å². The quantitative estimate of drug-likeness (QED) is 0.592. The van der Waals surface area contributed by atoms with Crippen molar-refractivity contribution < 1.29 is 23.1 Å². The van der Waals surface area contributed by atoms with Crippen LogP contribution >= 0.6 is 15.9 Å². The minimum Gasteiger partial charge on any atom is -0.462 e. The number of alkyl halides is 3. The molecule has 0 aromatic heterocycles. The number of hydrogen-bond acceptors (Lipinski definition) is 3. The topological polar surface area (TPSA) is 43.4 Å². The van der Waals surface area contributed by atoms with Gasteiger partial charge >= 0.3 is 5.97 Å². The Kier molecular flexibility index (Phi) is 6.08. The van der Waals surface area contributed by atoms with Crippen molar-refractivity contribution in [3.05, 3.63) is 34.9 Å². The number of hydrogen-bond donors (Lipinski definition) is 0. The SMILES string of the molecule is CCOC(=O)c1cc(C(F)F)ccc1CC(=O)CBr. The second-order valence-corrected chi connectivity index (χ2v) is 4.35. The normalized spacial score (nSPS) is 10.6. The molecule has 6 heteroatoms. The lowest BCUT2D eigenvalue weighted by molar-refractivity contribution is -0.115. The van der Waals surface area contributed by atoms with Gasteiger partial charge in [0.05, 0.1) is 17.5 Å². The van der Waals surface area contributed by atoms with Crippen LogP contribution in [0.4, 0.5) is 8.78 Å². The zero-order chi connectivity index (χ0) is 14.4. The number of Topliss-reactive ketones (excluding diaryl/α,β-unsaturated/α-hetero) is 1. The van der Waals surface area contributed by atoms with E-state index >= 15 is 0 Å². The summed E-state index contributed by atoms with van der Waals surface area (Å²) in [4.78, 5) is 23.1. The molecule has 0 aliphatic heterocycles. The number of esters is 1. The van der Waals surface area contributed by atoms with E-state index in [-0.39, 0.29) is 35.3 Å². The third-order valence-corrected chi connectivity index (χ3v) is 3.04. The van der Waals surface area contributed by atoms with Gasteiger partial charge < -0.3 is 4.74 Å². The molecule has 1 aromatic rings. The molecule has 0 fully saturated rings. The minimum absolute atomic E-state index is 0.00289. The Bertz CT molecular complexity index is 475. The van der Waals surface area contributed by atoms with Crippen molar-refractivity contribution in [1.29, 1.82) is 0 Å². The fourth-order valence-electron chi connectivity index (χ4n) is 1.54. The van der Waals surface area contributed by atoms with Crippen LogP contribution in [0.25, 0.3) is 0 Å². The summed E-state index contributed by atoms with van der Waals surface area (Å²) >= 11 is 3.02. The standard InChI is InChI=1S/C13H13BrF2O3/c1-2-19-13(18)11-6-9(12(15)16)4-3-8(11)5-10(17)7-14/h3-4,6,12H,2,5,7H2,1H3. The van der Waals surface area contributed by atoms with Crippen LogP contribution in [-0.4, -0.2) is 23.7 Å². The van der Waals surface area contributed by atoms with E-state index in [1.165, 1.54) is 12.1 Å². The molecule has 0 aliphatic rings. The van der Waals surface area contributed by atoms with Crippen molar-refractivity contribution in [2.45, 2.75) is 19.8 Å². The Hall–Kier alpha value is -1.30. The highest BCUT2D eigenvalue weighted by Gasteiger charge is 2.18. The number of ether oxygens (including phenoxy) is 1. The maximum absolute atomic E-state index is 12.6. The first-order valence-electron chi connectivity index (χ1n) is 5.65. The molecule has 0 radical (unpaired) electrons. The molecule has 19 heavy (non-hydrogen) atoms. The highest BCUT2D eigenvalue weighted by atomic mass is 79.9. The Balaban J connectivity index is 3.14. The van der Waals surface area contributed by atoms with Crippen LogP contribution in [0.2, 0.25) is 0 Å². The largest absolute Gasteiger partial charge is 0.462 e. The van der Waals surface area contributed by atoms with Crippen molar-refractivity contribution in [3.63, 3.8) is 0 Å². The van der Waals surface area contributed by atoms with Gasteiger partial charge in [-0.05, 0) is 18.6 Å². The van der Waals surface area contributed by atoms with Gasteiger partial charge in [0.25, 0.3) is 6.43 Å². The second-order valence-electron chi connectivity index (χ2n) is 3.79. The molecule has 0 saturated carbocycles. The highest BCUT2D eigenvalue weighted by molar-refractivity contribution is 9.09. The van der Waals surface area contributed by atoms with Crippen LogP contribution in [0.1, 0.15) is 34.8 Å². The van der Waals surface area contributed by atoms with E-state index in [0.717, 1.165) is 6.07 Å². The van der Waals surface area contributed by atoms with Crippen molar-refractivity contribution in [2.24, 2.45) is 0 Å². The minimum atomic E-state index is -2.67. The molecule has 3 nitrogen and oxygen atoms in total. The third-order valence-electron chi connectivity index (χ3n) is 2.42. The molecule has 0 bridgehead atoms. The first-order valence-corrected chi connectivity index (χ1v) is 6.77. The molecular weight excluding hydrogens is 322 g/mol. The molecule has 0 amide bonds. The first-order chi connectivity index (χ1) is 8.99. The van der Waals surface area contributed by atoms with E-state index in [9.17, 15) is 18.4 Å². The Morgan fingerprint density at radius 3 is 2.58 bits per heavy atom. The fourth-order valence-corrected chi connectivity index (χ4v) is 1.74. The van der Waals surface area contributed by atoms with Gasteiger partial charge in [0.2, 0.25) is 0 Å². The molecule has 0 unspecified atom stereocenters. The van der Waals surface area contributed by atoms with Gasteiger partial charge in [-0.3, -0.25) is 4.79 Å². The van der Waals surface area contributed by atoms with Crippen molar-refractivity contribution in [2.75, 3.05) is 11.9 Å². The van der Waals surface area contributed by atoms with Gasteiger partial charge in [0, 0.05) is 12.0 Å². The van der Waals surface area contributed by atoms with E-state index in [1.54, 1.807) is 6.92 Å². The molecule has 104 valence electrons. The van der Waals surface area contributed by atoms with Gasteiger partial charge in [-0.25, -0.2) is 13.6 Å². The van der Waals surface area contributed by atoms with Gasteiger partial charge in [-0.15, -0.1) is 0 Å². The first kappa shape index (κ1) is 15.8. The lowest BCUT2D eigenvalue weighted by Crippen LogP contribution is -2.12. The zero-order valence-corrected chi connectivity index (χ0v) is 11.9. The molecule has 1 aromatic carbocycles. The Morgan fingerprint density at radius 1 is 1.37 bits per heavy atom. The summed E-state index contributed by atoms with van der Waals surface area (Å²) < 4.78 is 30.1. The highest BCUT2D eigenvalue weighted by Crippen LogP contribution is 2.23. The van der Waals surface area contributed by atoms with Crippen LogP contribution < -0.4 is 0 Å². The molecular formula is C13H13BrF2O3. The maximum atomic E-state index is 12.6. The summed E-state index contributed by atoms with van der Waals surface area (Å²) in [7, 11) is 0. The maximum Gasteiger partial charge on any atom is 0.338 e. The molecule has 0 heterocycles. The van der Waals surface area contributed by atoms with E-state index in [4.69, 9.17) is 4.74 Å². The van der Waals surface area contributed by atoms with Crippen LogP contribution in [0, 0.1) is 0 Å². The van der Waals surface area contributed by atoms with Gasteiger partial charge in [-0.2, -0.15) is 0 Å². The van der Waals surface area contributed by atoms with E-state index in [0.29, 0.717) is 5.56 Å². The fraction of sp³-hybridized carbons (Fsp3) is 0.385. The third kappa shape index (κ3) is 4.38. The lowest BCUT2D eigenvalue weighted by Gasteiger charge is -2.10. The van der Waals surface area contributed by atoms with Gasteiger partial charge in [0.15, 0.2) is 0 Å². The van der Waals surface area contributed by atoms with Crippen LogP contribution in [-0.2, 0) is 16.0 Å². The number of halogens is 3. The zero-order valence-electron chi connectivity index (χ0n) is 10.3. The molecule has 0 N–H and O–H groups in total. The number of ketones is 1. The second kappa shape index (κ2) is 7.33. The summed E-state index contributed by atoms with van der Waals surface area (Å²) in [5.74, 6) is -0.835. The van der Waals surface area contributed by atoms with Gasteiger partial charge in [-0.1, -0.05) is 28.1 Å². The van der Waals surface area contributed by atoms with E-state index < -0.39 is 12.4 Å². The average Bonchev–Trinajstić information content (AvgIpc) is 2.38. The van der Waals surface area contributed by atoms with E-state index in [1.807, 2.05) is 0 Å². The molecule has 0 spiro atoms. The Labute approximate surface area is 118 Å². The Morgan fingerprint density at radius 2 is 2.05 bits per heavy atom. The van der Waals surface area contributed by atoms with Crippen LogP contribution in [0.3, 0.4) is 0 Å². The molecule has 0 saturated heterocycles. The van der Waals surface area contributed by atoms with Crippen molar-refractivity contribution in [1.82, 2.24) is 0 Å². The summed E-state index contributed by atoms with van der Waals surface area (Å²) in [6, 6.07) is 3.66. The smallest absolute Gasteiger partial charge is 0.338 e. The van der Waals surface area contributed by atoms with Gasteiger partial charge in [0.1, 0.15) is 5.78 Å². The molecule has 0 atom stereocenters. The summed E-state index contributed by atoms with van der Waals surface area (Å²) in [6.45, 7) is 1.77. The van der Waals surface area contributed by atoms with Crippen molar-refractivity contribution in [3.8, 4) is 0 Å². The summed E-state index contributed by atoms with van der Waals surface area (Å²) in [6.07, 6.45) is -2.67.